The van der Waals surface area contributed by atoms with Gasteiger partial charge in [0.1, 0.15) is 5.69 Å². The molecule has 2 heterocycles. The van der Waals surface area contributed by atoms with Crippen molar-refractivity contribution in [2.24, 2.45) is 5.73 Å². The lowest BCUT2D eigenvalue weighted by atomic mass is 9.93. The van der Waals surface area contributed by atoms with Crippen LogP contribution in [0.1, 0.15) is 23.4 Å². The van der Waals surface area contributed by atoms with Crippen LogP contribution in [0, 0.1) is 0 Å². The normalized spacial score (nSPS) is 20.1. The van der Waals surface area contributed by atoms with Crippen LogP contribution in [0.25, 0.3) is 11.0 Å². The molecule has 0 saturated carbocycles. The molecule has 2 aromatic rings. The van der Waals surface area contributed by atoms with E-state index in [-0.39, 0.29) is 6.04 Å². The van der Waals surface area contributed by atoms with Crippen molar-refractivity contribution in [2.45, 2.75) is 31.5 Å². The summed E-state index contributed by atoms with van der Waals surface area (Å²) in [6, 6.07) is 2.45. The van der Waals surface area contributed by atoms with Crippen molar-refractivity contribution in [2.75, 3.05) is 0 Å². The van der Waals surface area contributed by atoms with Gasteiger partial charge >= 0.3 is 6.18 Å². The third kappa shape index (κ3) is 1.77. The monoisotopic (exact) mass is 255 g/mol. The summed E-state index contributed by atoms with van der Waals surface area (Å²) in [5.41, 5.74) is 7.89. The van der Waals surface area contributed by atoms with E-state index in [2.05, 4.69) is 9.97 Å². The standard InChI is InChI=1S/C12H12F3N3/c13-12(14,15)10-4-3-9-11(18-10)7-5-6(16)1-2-8(7)17-9/h3-4,6,17H,1-2,5,16H2. The molecule has 0 amide bonds. The molecule has 1 aliphatic rings. The summed E-state index contributed by atoms with van der Waals surface area (Å²) in [6.45, 7) is 0. The van der Waals surface area contributed by atoms with Gasteiger partial charge in [0.25, 0.3) is 0 Å². The molecule has 0 aliphatic heterocycles. The number of aromatic amines is 1. The van der Waals surface area contributed by atoms with Crippen LogP contribution in [-0.4, -0.2) is 16.0 Å². The van der Waals surface area contributed by atoms with E-state index in [1.54, 1.807) is 0 Å². The third-order valence-corrected chi connectivity index (χ3v) is 3.35. The van der Waals surface area contributed by atoms with E-state index in [0.717, 1.165) is 30.2 Å². The van der Waals surface area contributed by atoms with E-state index < -0.39 is 11.9 Å². The minimum Gasteiger partial charge on any atom is -0.357 e. The second-order valence-electron chi connectivity index (χ2n) is 4.68. The highest BCUT2D eigenvalue weighted by molar-refractivity contribution is 5.81. The zero-order chi connectivity index (χ0) is 12.9. The fraction of sp³-hybridized carbons (Fsp3) is 0.417. The molecule has 0 aromatic carbocycles. The molecule has 6 heteroatoms. The Bertz CT molecular complexity index is 600. The average Bonchev–Trinajstić information content (AvgIpc) is 2.65. The first-order valence-electron chi connectivity index (χ1n) is 5.78. The summed E-state index contributed by atoms with van der Waals surface area (Å²) in [5, 5.41) is 0. The summed E-state index contributed by atoms with van der Waals surface area (Å²) < 4.78 is 37.9. The number of rotatable bonds is 0. The predicted octanol–water partition coefficient (Wildman–Crippen LogP) is 2.40. The number of nitrogens with zero attached hydrogens (tertiary/aromatic N) is 1. The van der Waals surface area contributed by atoms with Gasteiger partial charge in [-0.25, -0.2) is 4.98 Å². The first kappa shape index (κ1) is 11.5. The number of hydrogen-bond donors (Lipinski definition) is 2. The van der Waals surface area contributed by atoms with Crippen molar-refractivity contribution in [3.63, 3.8) is 0 Å². The number of pyridine rings is 1. The van der Waals surface area contributed by atoms with Gasteiger partial charge in [-0.3, -0.25) is 0 Å². The van der Waals surface area contributed by atoms with Crippen molar-refractivity contribution < 1.29 is 13.2 Å². The number of nitrogens with one attached hydrogen (secondary N) is 1. The first-order valence-corrected chi connectivity index (χ1v) is 5.78. The molecule has 18 heavy (non-hydrogen) atoms. The SMILES string of the molecule is NC1CCc2[nH]c3ccc(C(F)(F)F)nc3c2C1. The maximum absolute atomic E-state index is 12.6. The van der Waals surface area contributed by atoms with E-state index in [1.807, 2.05) is 0 Å². The van der Waals surface area contributed by atoms with Crippen LogP contribution in [0.3, 0.4) is 0 Å². The minimum atomic E-state index is -4.41. The zero-order valence-corrected chi connectivity index (χ0v) is 9.51. The molecule has 2 aromatic heterocycles. The number of nitrogens with two attached hydrogens (primary N) is 1. The van der Waals surface area contributed by atoms with Crippen molar-refractivity contribution >= 4 is 11.0 Å². The molecule has 0 radical (unpaired) electrons. The largest absolute Gasteiger partial charge is 0.433 e. The maximum Gasteiger partial charge on any atom is 0.433 e. The Labute approximate surface area is 101 Å². The smallest absolute Gasteiger partial charge is 0.357 e. The van der Waals surface area contributed by atoms with Gasteiger partial charge in [0.05, 0.1) is 11.0 Å². The summed E-state index contributed by atoms with van der Waals surface area (Å²) in [5.74, 6) is 0. The van der Waals surface area contributed by atoms with Gasteiger partial charge in [-0.15, -0.1) is 0 Å². The van der Waals surface area contributed by atoms with Crippen molar-refractivity contribution in [1.29, 1.82) is 0 Å². The number of aryl methyl sites for hydroxylation is 1. The molecule has 1 atom stereocenters. The Morgan fingerprint density at radius 1 is 1.33 bits per heavy atom. The Kier molecular flexibility index (Phi) is 2.38. The van der Waals surface area contributed by atoms with Crippen molar-refractivity contribution in [1.82, 2.24) is 9.97 Å². The van der Waals surface area contributed by atoms with Crippen LogP contribution in [0.15, 0.2) is 12.1 Å². The molecule has 0 bridgehead atoms. The fourth-order valence-electron chi connectivity index (χ4n) is 2.46. The summed E-state index contributed by atoms with van der Waals surface area (Å²) in [6.07, 6.45) is -2.20. The molecule has 1 unspecified atom stereocenters. The van der Waals surface area contributed by atoms with Crippen LogP contribution in [0.2, 0.25) is 0 Å². The minimum absolute atomic E-state index is 0.00726. The zero-order valence-electron chi connectivity index (χ0n) is 9.51. The van der Waals surface area contributed by atoms with Crippen LogP contribution in [-0.2, 0) is 19.0 Å². The Morgan fingerprint density at radius 3 is 2.83 bits per heavy atom. The lowest BCUT2D eigenvalue weighted by Crippen LogP contribution is -2.27. The van der Waals surface area contributed by atoms with Crippen molar-refractivity contribution in [3.05, 3.63) is 29.1 Å². The molecule has 0 fully saturated rings. The maximum atomic E-state index is 12.6. The molecule has 3 nitrogen and oxygen atoms in total. The second-order valence-corrected chi connectivity index (χ2v) is 4.68. The highest BCUT2D eigenvalue weighted by atomic mass is 19.4. The predicted molar refractivity (Wildman–Crippen MR) is 61.1 cm³/mol. The van der Waals surface area contributed by atoms with Crippen molar-refractivity contribution in [3.8, 4) is 0 Å². The lowest BCUT2D eigenvalue weighted by molar-refractivity contribution is -0.140. The molecule has 0 spiro atoms. The molecular weight excluding hydrogens is 243 g/mol. The summed E-state index contributed by atoms with van der Waals surface area (Å²) in [7, 11) is 0. The number of halogens is 3. The lowest BCUT2D eigenvalue weighted by Gasteiger charge is -2.17. The van der Waals surface area contributed by atoms with E-state index in [9.17, 15) is 13.2 Å². The Hall–Kier alpha value is -1.56. The average molecular weight is 255 g/mol. The van der Waals surface area contributed by atoms with Gasteiger partial charge in [0, 0.05) is 17.3 Å². The quantitative estimate of drug-likeness (QED) is 0.759. The van der Waals surface area contributed by atoms with Gasteiger partial charge in [-0.05, 0) is 31.4 Å². The van der Waals surface area contributed by atoms with Gasteiger partial charge in [-0.2, -0.15) is 13.2 Å². The highest BCUT2D eigenvalue weighted by Gasteiger charge is 2.33. The van der Waals surface area contributed by atoms with E-state index >= 15 is 0 Å². The highest BCUT2D eigenvalue weighted by Crippen LogP contribution is 2.32. The topological polar surface area (TPSA) is 54.7 Å². The second kappa shape index (κ2) is 3.71. The van der Waals surface area contributed by atoms with Crippen LogP contribution >= 0.6 is 0 Å². The van der Waals surface area contributed by atoms with Gasteiger partial charge in [0.15, 0.2) is 0 Å². The number of alkyl halides is 3. The number of fused-ring (bicyclic) bond motifs is 3. The van der Waals surface area contributed by atoms with E-state index in [1.165, 1.54) is 6.07 Å². The number of H-pyrrole nitrogens is 1. The van der Waals surface area contributed by atoms with Gasteiger partial charge in [0.2, 0.25) is 0 Å². The number of hydrogen-bond acceptors (Lipinski definition) is 2. The fourth-order valence-corrected chi connectivity index (χ4v) is 2.46. The summed E-state index contributed by atoms with van der Waals surface area (Å²) >= 11 is 0. The number of aromatic nitrogens is 2. The first-order chi connectivity index (χ1) is 8.45. The van der Waals surface area contributed by atoms with E-state index in [4.69, 9.17) is 5.73 Å². The van der Waals surface area contributed by atoms with Crippen LogP contribution in [0.4, 0.5) is 13.2 Å². The third-order valence-electron chi connectivity index (χ3n) is 3.35. The Balaban J connectivity index is 2.18. The molecule has 3 N–H and O–H groups in total. The molecule has 1 aliphatic carbocycles. The van der Waals surface area contributed by atoms with Crippen LogP contribution < -0.4 is 5.73 Å². The molecule has 96 valence electrons. The molecule has 3 rings (SSSR count). The summed E-state index contributed by atoms with van der Waals surface area (Å²) in [4.78, 5) is 6.87. The van der Waals surface area contributed by atoms with Gasteiger partial charge in [-0.1, -0.05) is 0 Å². The molecular formula is C12H12F3N3. The molecule has 0 saturated heterocycles. The Morgan fingerprint density at radius 2 is 2.11 bits per heavy atom. The van der Waals surface area contributed by atoms with E-state index in [0.29, 0.717) is 17.5 Å². The van der Waals surface area contributed by atoms with Crippen LogP contribution in [0.5, 0.6) is 0 Å². The van der Waals surface area contributed by atoms with Gasteiger partial charge < -0.3 is 10.7 Å².